The van der Waals surface area contributed by atoms with E-state index in [1.165, 1.54) is 25.7 Å². The summed E-state index contributed by atoms with van der Waals surface area (Å²) in [7, 11) is 0. The molecule has 3 atom stereocenters. The van der Waals surface area contributed by atoms with E-state index in [0.717, 1.165) is 41.3 Å². The average Bonchev–Trinajstić information content (AvgIpc) is 2.56. The van der Waals surface area contributed by atoms with Gasteiger partial charge in [-0.1, -0.05) is 19.3 Å². The van der Waals surface area contributed by atoms with Gasteiger partial charge in [0.05, 0.1) is 15.9 Å². The van der Waals surface area contributed by atoms with E-state index in [1.54, 1.807) is 6.92 Å². The second kappa shape index (κ2) is 7.00. The molecule has 1 aromatic heterocycles. The topological polar surface area (TPSA) is 73.7 Å². The Morgan fingerprint density at radius 1 is 1.21 bits per heavy atom. The van der Waals surface area contributed by atoms with Gasteiger partial charge in [0.15, 0.2) is 6.10 Å². The molecule has 2 heterocycles. The zero-order valence-electron chi connectivity index (χ0n) is 14.3. The number of aliphatic hydroxyl groups excluding tert-OH is 1. The number of carbonyl (C=O) groups is 1. The molecule has 3 rings (SSSR count). The summed E-state index contributed by atoms with van der Waals surface area (Å²) < 4.78 is 0.803. The van der Waals surface area contributed by atoms with Gasteiger partial charge in [-0.15, -0.1) is 0 Å². The second-order valence-electron chi connectivity index (χ2n) is 7.14. The number of anilines is 1. The van der Waals surface area contributed by atoms with Gasteiger partial charge in [-0.05, 0) is 54.5 Å². The monoisotopic (exact) mass is 396 g/mol. The molecule has 0 bridgehead atoms. The van der Waals surface area contributed by atoms with Crippen LogP contribution < -0.4 is 4.90 Å². The third-order valence-corrected chi connectivity index (χ3v) is 6.57. The molecule has 1 aliphatic carbocycles. The Labute approximate surface area is 151 Å². The Morgan fingerprint density at radius 3 is 2.54 bits per heavy atom. The van der Waals surface area contributed by atoms with Gasteiger partial charge in [0.1, 0.15) is 0 Å². The molecule has 0 amide bonds. The standard InChI is InChI=1S/C18H25BrN2O3/c1-10-14(17(22)18(23)24)16(15(19)11(2)20-10)21-8-7-12-5-3-4-6-13(12)9-21/h12-13,17,22H,3-9H2,1-2H3,(H,23,24)/t12-,13-,17?/m1/s1. The zero-order valence-corrected chi connectivity index (χ0v) is 15.8. The molecule has 2 aliphatic rings. The Bertz CT molecular complexity index is 650. The first kappa shape index (κ1) is 17.7. The number of aliphatic hydroxyl groups is 1. The number of hydrogen-bond donors (Lipinski definition) is 2. The third-order valence-electron chi connectivity index (χ3n) is 5.62. The fourth-order valence-electron chi connectivity index (χ4n) is 4.39. The molecule has 132 valence electrons. The SMILES string of the molecule is Cc1nc(C)c(C(O)C(=O)O)c(N2CC[C@H]3CCCC[C@@H]3C2)c1Br. The number of aryl methyl sites for hydroxylation is 2. The highest BCUT2D eigenvalue weighted by Gasteiger charge is 2.35. The highest BCUT2D eigenvalue weighted by molar-refractivity contribution is 9.10. The van der Waals surface area contributed by atoms with Crippen LogP contribution in [-0.4, -0.2) is 34.3 Å². The molecule has 0 radical (unpaired) electrons. The number of piperidine rings is 1. The van der Waals surface area contributed by atoms with Crippen LogP contribution in [0.5, 0.6) is 0 Å². The Kier molecular flexibility index (Phi) is 5.16. The minimum absolute atomic E-state index is 0.425. The van der Waals surface area contributed by atoms with Crippen molar-refractivity contribution in [3.05, 3.63) is 21.4 Å². The minimum atomic E-state index is -1.55. The quantitative estimate of drug-likeness (QED) is 0.816. The average molecular weight is 397 g/mol. The predicted octanol–water partition coefficient (Wildman–Crippen LogP) is 3.60. The number of hydrogen-bond acceptors (Lipinski definition) is 4. The van der Waals surface area contributed by atoms with Gasteiger partial charge in [0.25, 0.3) is 0 Å². The number of halogens is 1. The molecule has 2 N–H and O–H groups in total. The van der Waals surface area contributed by atoms with Gasteiger partial charge < -0.3 is 15.1 Å². The van der Waals surface area contributed by atoms with Crippen molar-refractivity contribution in [2.45, 2.75) is 52.1 Å². The van der Waals surface area contributed by atoms with Gasteiger partial charge in [-0.3, -0.25) is 4.98 Å². The number of carboxylic acids is 1. The number of pyridine rings is 1. The summed E-state index contributed by atoms with van der Waals surface area (Å²) in [6.45, 7) is 5.52. The molecule has 1 aliphatic heterocycles. The smallest absolute Gasteiger partial charge is 0.337 e. The minimum Gasteiger partial charge on any atom is -0.479 e. The number of aromatic nitrogens is 1. The van der Waals surface area contributed by atoms with Crippen molar-refractivity contribution >= 4 is 27.6 Å². The molecule has 2 fully saturated rings. The molecular formula is C18H25BrN2O3. The van der Waals surface area contributed by atoms with E-state index >= 15 is 0 Å². The van der Waals surface area contributed by atoms with Crippen LogP contribution in [0.25, 0.3) is 0 Å². The number of nitrogens with zero attached hydrogens (tertiary/aromatic N) is 2. The Morgan fingerprint density at radius 2 is 1.88 bits per heavy atom. The highest BCUT2D eigenvalue weighted by Crippen LogP contribution is 2.43. The van der Waals surface area contributed by atoms with E-state index in [9.17, 15) is 15.0 Å². The van der Waals surface area contributed by atoms with Crippen LogP contribution in [0, 0.1) is 25.7 Å². The molecular weight excluding hydrogens is 372 g/mol. The Hall–Kier alpha value is -1.14. The summed E-state index contributed by atoms with van der Waals surface area (Å²) in [6.07, 6.45) is 4.78. The molecule has 24 heavy (non-hydrogen) atoms. The summed E-state index contributed by atoms with van der Waals surface area (Å²) in [5.74, 6) is 0.234. The van der Waals surface area contributed by atoms with Crippen molar-refractivity contribution in [2.24, 2.45) is 11.8 Å². The summed E-state index contributed by atoms with van der Waals surface area (Å²) in [4.78, 5) is 18.1. The van der Waals surface area contributed by atoms with Crippen molar-refractivity contribution in [3.8, 4) is 0 Å². The Balaban J connectivity index is 2.01. The molecule has 6 heteroatoms. The first-order valence-corrected chi connectivity index (χ1v) is 9.51. The van der Waals surface area contributed by atoms with E-state index in [-0.39, 0.29) is 0 Å². The summed E-state index contributed by atoms with van der Waals surface area (Å²) in [5, 5.41) is 19.6. The molecule has 5 nitrogen and oxygen atoms in total. The predicted molar refractivity (Wildman–Crippen MR) is 96.3 cm³/mol. The van der Waals surface area contributed by atoms with Gasteiger partial charge in [-0.2, -0.15) is 0 Å². The van der Waals surface area contributed by atoms with Crippen LogP contribution in [0.3, 0.4) is 0 Å². The summed E-state index contributed by atoms with van der Waals surface area (Å²) in [6, 6.07) is 0. The third kappa shape index (κ3) is 3.18. The molecule has 0 aromatic carbocycles. The fraction of sp³-hybridized carbons (Fsp3) is 0.667. The van der Waals surface area contributed by atoms with Crippen molar-refractivity contribution < 1.29 is 15.0 Å². The molecule has 1 aromatic rings. The zero-order chi connectivity index (χ0) is 17.4. The van der Waals surface area contributed by atoms with Crippen LogP contribution in [-0.2, 0) is 4.79 Å². The van der Waals surface area contributed by atoms with Crippen LogP contribution in [0.4, 0.5) is 5.69 Å². The van der Waals surface area contributed by atoms with Crippen molar-refractivity contribution in [1.82, 2.24) is 4.98 Å². The van der Waals surface area contributed by atoms with Gasteiger partial charge in [-0.25, -0.2) is 4.79 Å². The first-order chi connectivity index (χ1) is 11.4. The lowest BCUT2D eigenvalue weighted by Crippen LogP contribution is -2.42. The van der Waals surface area contributed by atoms with E-state index in [1.807, 2.05) is 6.92 Å². The molecule has 1 saturated carbocycles. The van der Waals surface area contributed by atoms with Crippen LogP contribution in [0.2, 0.25) is 0 Å². The molecule has 1 unspecified atom stereocenters. The number of fused-ring (bicyclic) bond motifs is 1. The lowest BCUT2D eigenvalue weighted by atomic mass is 9.75. The van der Waals surface area contributed by atoms with Crippen molar-refractivity contribution in [2.75, 3.05) is 18.0 Å². The lowest BCUT2D eigenvalue weighted by Gasteiger charge is -2.43. The number of aliphatic carboxylic acids is 1. The van der Waals surface area contributed by atoms with E-state index < -0.39 is 12.1 Å². The fourth-order valence-corrected chi connectivity index (χ4v) is 4.94. The van der Waals surface area contributed by atoms with Gasteiger partial charge in [0.2, 0.25) is 0 Å². The number of carboxylic acid groups (broad SMARTS) is 1. The maximum absolute atomic E-state index is 11.4. The van der Waals surface area contributed by atoms with Crippen LogP contribution in [0.1, 0.15) is 55.2 Å². The maximum Gasteiger partial charge on any atom is 0.337 e. The first-order valence-electron chi connectivity index (χ1n) is 8.72. The second-order valence-corrected chi connectivity index (χ2v) is 7.93. The van der Waals surface area contributed by atoms with Crippen molar-refractivity contribution in [3.63, 3.8) is 0 Å². The summed E-state index contributed by atoms with van der Waals surface area (Å²) >= 11 is 3.60. The van der Waals surface area contributed by atoms with E-state index in [2.05, 4.69) is 25.8 Å². The summed E-state index contributed by atoms with van der Waals surface area (Å²) in [5.41, 5.74) is 2.66. The van der Waals surface area contributed by atoms with Crippen molar-refractivity contribution in [1.29, 1.82) is 0 Å². The normalized spacial score (nSPS) is 25.2. The molecule has 0 spiro atoms. The van der Waals surface area contributed by atoms with Gasteiger partial charge in [0, 0.05) is 24.3 Å². The van der Waals surface area contributed by atoms with Gasteiger partial charge >= 0.3 is 5.97 Å². The van der Waals surface area contributed by atoms with Crippen LogP contribution in [0.15, 0.2) is 4.47 Å². The number of rotatable bonds is 3. The molecule has 1 saturated heterocycles. The van der Waals surface area contributed by atoms with Crippen LogP contribution >= 0.6 is 15.9 Å². The largest absolute Gasteiger partial charge is 0.479 e. The highest BCUT2D eigenvalue weighted by atomic mass is 79.9. The van der Waals surface area contributed by atoms with E-state index in [4.69, 9.17) is 0 Å². The van der Waals surface area contributed by atoms with E-state index in [0.29, 0.717) is 17.2 Å². The lowest BCUT2D eigenvalue weighted by molar-refractivity contribution is -0.147. The maximum atomic E-state index is 11.4.